The van der Waals surface area contributed by atoms with Gasteiger partial charge in [0.15, 0.2) is 0 Å². The van der Waals surface area contributed by atoms with Gasteiger partial charge in [0.2, 0.25) is 0 Å². The van der Waals surface area contributed by atoms with E-state index in [0.717, 1.165) is 9.99 Å². The molecule has 15 heavy (non-hydrogen) atoms. The molecule has 4 heteroatoms. The second kappa shape index (κ2) is 4.92. The second-order valence-electron chi connectivity index (χ2n) is 4.18. The van der Waals surface area contributed by atoms with Gasteiger partial charge in [-0.2, -0.15) is 0 Å². The smallest absolute Gasteiger partial charge is 0.357 e. The van der Waals surface area contributed by atoms with E-state index in [4.69, 9.17) is 4.74 Å². The van der Waals surface area contributed by atoms with Gasteiger partial charge in [0.05, 0.1) is 0 Å². The van der Waals surface area contributed by atoms with Crippen molar-refractivity contribution in [1.29, 1.82) is 0 Å². The summed E-state index contributed by atoms with van der Waals surface area (Å²) in [5.41, 5.74) is 0.976. The molecule has 1 heterocycles. The zero-order chi connectivity index (χ0) is 11.5. The van der Waals surface area contributed by atoms with Gasteiger partial charge in [-0.15, -0.1) is 0 Å². The van der Waals surface area contributed by atoms with E-state index in [2.05, 4.69) is 27.6 Å². The molecule has 0 aliphatic carbocycles. The second-order valence-corrected chi connectivity index (χ2v) is 4.95. The van der Waals surface area contributed by atoms with Gasteiger partial charge in [-0.1, -0.05) is 22.6 Å². The van der Waals surface area contributed by atoms with Crippen molar-refractivity contribution in [3.8, 4) is 0 Å². The van der Waals surface area contributed by atoms with E-state index in [1.54, 1.807) is 12.3 Å². The normalized spacial score (nSPS) is 11.2. The SMILES string of the molecule is CC(C)(C)OC(=O)c1cc(CI)ccn1. The fourth-order valence-corrected chi connectivity index (χ4v) is 1.47. The number of carbonyl (C=O) groups is 1. The Morgan fingerprint density at radius 2 is 2.20 bits per heavy atom. The Hall–Kier alpha value is -0.650. The summed E-state index contributed by atoms with van der Waals surface area (Å²) in [4.78, 5) is 15.6. The third-order valence-corrected chi connectivity index (χ3v) is 2.47. The van der Waals surface area contributed by atoms with Crippen LogP contribution in [0.4, 0.5) is 0 Å². The van der Waals surface area contributed by atoms with E-state index in [1.165, 1.54) is 0 Å². The Labute approximate surface area is 103 Å². The van der Waals surface area contributed by atoms with E-state index in [1.807, 2.05) is 26.8 Å². The fourth-order valence-electron chi connectivity index (χ4n) is 0.999. The number of rotatable bonds is 2. The standard InChI is InChI=1S/C11H14INO2/c1-11(2,3)15-10(14)9-6-8(7-12)4-5-13-9/h4-6H,7H2,1-3H3. The molecule has 0 radical (unpaired) electrons. The van der Waals surface area contributed by atoms with Crippen molar-refractivity contribution in [3.63, 3.8) is 0 Å². The van der Waals surface area contributed by atoms with Gasteiger partial charge in [-0.3, -0.25) is 0 Å². The maximum atomic E-state index is 11.6. The van der Waals surface area contributed by atoms with Crippen molar-refractivity contribution in [2.75, 3.05) is 0 Å². The zero-order valence-corrected chi connectivity index (χ0v) is 11.2. The Morgan fingerprint density at radius 1 is 1.53 bits per heavy atom. The van der Waals surface area contributed by atoms with Crippen LogP contribution in [0.15, 0.2) is 18.3 Å². The average molecular weight is 319 g/mol. The van der Waals surface area contributed by atoms with Crippen LogP contribution in [-0.4, -0.2) is 16.6 Å². The van der Waals surface area contributed by atoms with Crippen LogP contribution in [0.1, 0.15) is 36.8 Å². The summed E-state index contributed by atoms with van der Waals surface area (Å²) in [6.45, 7) is 5.52. The number of esters is 1. The topological polar surface area (TPSA) is 39.2 Å². The fraction of sp³-hybridized carbons (Fsp3) is 0.455. The maximum absolute atomic E-state index is 11.6. The molecule has 0 aromatic carbocycles. The van der Waals surface area contributed by atoms with Crippen molar-refractivity contribution in [2.24, 2.45) is 0 Å². The lowest BCUT2D eigenvalue weighted by atomic mass is 10.2. The third kappa shape index (κ3) is 4.15. The van der Waals surface area contributed by atoms with Crippen molar-refractivity contribution < 1.29 is 9.53 Å². The summed E-state index contributed by atoms with van der Waals surface area (Å²) in [6.07, 6.45) is 1.63. The Bertz CT molecular complexity index is 358. The highest BCUT2D eigenvalue weighted by Crippen LogP contribution is 2.12. The predicted octanol–water partition coefficient (Wildman–Crippen LogP) is 2.97. The highest BCUT2D eigenvalue weighted by molar-refractivity contribution is 14.1. The van der Waals surface area contributed by atoms with Crippen LogP contribution < -0.4 is 0 Å². The number of hydrogen-bond acceptors (Lipinski definition) is 3. The van der Waals surface area contributed by atoms with Gasteiger partial charge >= 0.3 is 5.97 Å². The van der Waals surface area contributed by atoms with Gasteiger partial charge < -0.3 is 4.74 Å². The number of ether oxygens (including phenoxy) is 1. The number of pyridine rings is 1. The number of hydrogen-bond donors (Lipinski definition) is 0. The molecule has 3 nitrogen and oxygen atoms in total. The summed E-state index contributed by atoms with van der Waals surface area (Å²) in [5, 5.41) is 0. The van der Waals surface area contributed by atoms with Crippen molar-refractivity contribution in [1.82, 2.24) is 4.98 Å². The van der Waals surface area contributed by atoms with Gasteiger partial charge in [-0.05, 0) is 38.5 Å². The minimum Gasteiger partial charge on any atom is -0.455 e. The highest BCUT2D eigenvalue weighted by atomic mass is 127. The first-order valence-electron chi connectivity index (χ1n) is 4.66. The molecule has 0 saturated carbocycles. The molecule has 1 rings (SSSR count). The summed E-state index contributed by atoms with van der Waals surface area (Å²) in [5.74, 6) is -0.366. The van der Waals surface area contributed by atoms with Gasteiger partial charge in [0.1, 0.15) is 11.3 Å². The monoisotopic (exact) mass is 319 g/mol. The molecule has 82 valence electrons. The zero-order valence-electron chi connectivity index (χ0n) is 9.08. The van der Waals surface area contributed by atoms with Gasteiger partial charge in [-0.25, -0.2) is 9.78 Å². The summed E-state index contributed by atoms with van der Waals surface area (Å²) >= 11 is 2.24. The first-order valence-corrected chi connectivity index (χ1v) is 6.19. The van der Waals surface area contributed by atoms with Crippen molar-refractivity contribution >= 4 is 28.6 Å². The lowest BCUT2D eigenvalue weighted by Crippen LogP contribution is -2.24. The van der Waals surface area contributed by atoms with Crippen LogP contribution in [0.25, 0.3) is 0 Å². The minimum atomic E-state index is -0.473. The van der Waals surface area contributed by atoms with Crippen molar-refractivity contribution in [3.05, 3.63) is 29.6 Å². The summed E-state index contributed by atoms with van der Waals surface area (Å²) < 4.78 is 6.08. The molecule has 0 amide bonds. The molecule has 0 atom stereocenters. The number of halogens is 1. The number of nitrogens with zero attached hydrogens (tertiary/aromatic N) is 1. The molecule has 0 aliphatic heterocycles. The lowest BCUT2D eigenvalue weighted by Gasteiger charge is -2.19. The number of aromatic nitrogens is 1. The van der Waals surface area contributed by atoms with Crippen LogP contribution in [0.3, 0.4) is 0 Å². The quantitative estimate of drug-likeness (QED) is 0.478. The van der Waals surface area contributed by atoms with Crippen LogP contribution >= 0.6 is 22.6 Å². The van der Waals surface area contributed by atoms with Crippen LogP contribution in [0, 0.1) is 0 Å². The average Bonchev–Trinajstić information content (AvgIpc) is 2.15. The molecule has 1 aromatic rings. The molecule has 0 fully saturated rings. The van der Waals surface area contributed by atoms with Crippen LogP contribution in [0.2, 0.25) is 0 Å². The molecular formula is C11H14INO2. The number of alkyl halides is 1. The Morgan fingerprint density at radius 3 is 2.73 bits per heavy atom. The van der Waals surface area contributed by atoms with E-state index in [0.29, 0.717) is 5.69 Å². The first kappa shape index (κ1) is 12.4. The Balaban J connectivity index is 2.82. The molecule has 0 aliphatic rings. The van der Waals surface area contributed by atoms with E-state index in [-0.39, 0.29) is 5.97 Å². The molecule has 0 unspecified atom stereocenters. The molecular weight excluding hydrogens is 305 g/mol. The third-order valence-electron chi connectivity index (χ3n) is 1.59. The van der Waals surface area contributed by atoms with Gasteiger partial charge in [0, 0.05) is 10.6 Å². The molecule has 0 spiro atoms. The van der Waals surface area contributed by atoms with E-state index in [9.17, 15) is 4.79 Å². The highest BCUT2D eigenvalue weighted by Gasteiger charge is 2.18. The van der Waals surface area contributed by atoms with Crippen LogP contribution in [0.5, 0.6) is 0 Å². The molecule has 0 N–H and O–H groups in total. The molecule has 0 saturated heterocycles. The Kier molecular flexibility index (Phi) is 4.07. The van der Waals surface area contributed by atoms with E-state index >= 15 is 0 Å². The predicted molar refractivity (Wildman–Crippen MR) is 67.1 cm³/mol. The lowest BCUT2D eigenvalue weighted by molar-refractivity contribution is 0.00627. The molecule has 0 bridgehead atoms. The first-order chi connectivity index (χ1) is 6.92. The van der Waals surface area contributed by atoms with Crippen LogP contribution in [-0.2, 0) is 9.16 Å². The molecule has 1 aromatic heterocycles. The summed E-state index contributed by atoms with van der Waals surface area (Å²) in [7, 11) is 0. The van der Waals surface area contributed by atoms with Gasteiger partial charge in [0.25, 0.3) is 0 Å². The summed E-state index contributed by atoms with van der Waals surface area (Å²) in [6, 6.07) is 3.65. The minimum absolute atomic E-state index is 0.366. The largest absolute Gasteiger partial charge is 0.455 e. The maximum Gasteiger partial charge on any atom is 0.357 e. The number of carbonyl (C=O) groups excluding carboxylic acids is 1. The van der Waals surface area contributed by atoms with E-state index < -0.39 is 5.60 Å². The van der Waals surface area contributed by atoms with Crippen molar-refractivity contribution in [2.45, 2.75) is 30.8 Å².